The first-order valence-electron chi connectivity index (χ1n) is 7.45. The van der Waals surface area contributed by atoms with Crippen LogP contribution >= 0.6 is 0 Å². The molecule has 0 bridgehead atoms. The van der Waals surface area contributed by atoms with E-state index < -0.39 is 0 Å². The van der Waals surface area contributed by atoms with E-state index >= 15 is 0 Å². The Morgan fingerprint density at radius 3 is 2.52 bits per heavy atom. The number of nitrogens with one attached hydrogen (secondary N) is 2. The smallest absolute Gasteiger partial charge is 0.263 e. The maximum absolute atomic E-state index is 11.7. The Morgan fingerprint density at radius 1 is 1.24 bits per heavy atom. The highest BCUT2D eigenvalue weighted by Crippen LogP contribution is 2.12. The van der Waals surface area contributed by atoms with Gasteiger partial charge in [0, 0.05) is 18.4 Å². The minimum absolute atomic E-state index is 0.0820. The van der Waals surface area contributed by atoms with Gasteiger partial charge in [-0.15, -0.1) is 0 Å². The van der Waals surface area contributed by atoms with Gasteiger partial charge < -0.3 is 10.6 Å². The van der Waals surface area contributed by atoms with E-state index in [-0.39, 0.29) is 11.5 Å². The predicted molar refractivity (Wildman–Crippen MR) is 85.7 cm³/mol. The zero-order valence-corrected chi connectivity index (χ0v) is 12.8. The van der Waals surface area contributed by atoms with Crippen molar-refractivity contribution < 1.29 is 4.79 Å². The molecule has 2 N–H and O–H groups in total. The molecule has 0 saturated heterocycles. The normalized spacial score (nSPS) is 10.8. The highest BCUT2D eigenvalue weighted by atomic mass is 16.1. The Labute approximate surface area is 126 Å². The van der Waals surface area contributed by atoms with Crippen molar-refractivity contribution in [2.24, 2.45) is 0 Å². The van der Waals surface area contributed by atoms with Crippen molar-refractivity contribution in [3.05, 3.63) is 41.6 Å². The van der Waals surface area contributed by atoms with Crippen molar-refractivity contribution in [2.75, 3.05) is 11.9 Å². The Hall–Kier alpha value is -2.28. The summed E-state index contributed by atoms with van der Waals surface area (Å²) < 4.78 is 0. The van der Waals surface area contributed by atoms with Gasteiger partial charge in [-0.25, -0.2) is 0 Å². The van der Waals surface area contributed by atoms with E-state index in [0.717, 1.165) is 18.5 Å². The fraction of sp³-hybridized carbons (Fsp3) is 0.412. The maximum Gasteiger partial charge on any atom is 0.263 e. The Bertz CT molecular complexity index is 512. The van der Waals surface area contributed by atoms with Gasteiger partial charge in [0.1, 0.15) is 11.6 Å². The summed E-state index contributed by atoms with van der Waals surface area (Å²) in [6.45, 7) is 4.71. The highest BCUT2D eigenvalue weighted by molar-refractivity contribution is 5.97. The third kappa shape index (κ3) is 6.13. The first kappa shape index (κ1) is 16.8. The number of hydrogen-bond donors (Lipinski definition) is 2. The second kappa shape index (κ2) is 9.60. The molecule has 4 heteroatoms. The predicted octanol–water partition coefficient (Wildman–Crippen LogP) is 3.37. The standard InChI is InChI=1S/C17H23N3O/c1-3-5-6-14-7-9-16(10-8-14)20-13-15(12-18)17(21)19-11-4-2/h7-10,13,20H,3-6,11H2,1-2H3,(H,19,21)/b15-13-. The van der Waals surface area contributed by atoms with Gasteiger partial charge in [0.2, 0.25) is 0 Å². The van der Waals surface area contributed by atoms with Crippen molar-refractivity contribution in [3.8, 4) is 6.07 Å². The second-order valence-corrected chi connectivity index (χ2v) is 4.87. The molecule has 0 spiro atoms. The van der Waals surface area contributed by atoms with Crippen molar-refractivity contribution >= 4 is 11.6 Å². The zero-order valence-electron chi connectivity index (χ0n) is 12.8. The van der Waals surface area contributed by atoms with E-state index in [1.807, 2.05) is 25.1 Å². The average molecular weight is 285 g/mol. The molecule has 1 aromatic carbocycles. The summed E-state index contributed by atoms with van der Waals surface area (Å²) in [6.07, 6.45) is 5.74. The van der Waals surface area contributed by atoms with Crippen molar-refractivity contribution in [2.45, 2.75) is 39.5 Å². The number of hydrogen-bond acceptors (Lipinski definition) is 3. The third-order valence-corrected chi connectivity index (χ3v) is 3.06. The van der Waals surface area contributed by atoms with E-state index in [4.69, 9.17) is 5.26 Å². The van der Waals surface area contributed by atoms with Crippen LogP contribution < -0.4 is 10.6 Å². The number of benzene rings is 1. The van der Waals surface area contributed by atoms with E-state index in [1.165, 1.54) is 24.6 Å². The number of carbonyl (C=O) groups is 1. The Morgan fingerprint density at radius 2 is 1.95 bits per heavy atom. The van der Waals surface area contributed by atoms with Crippen molar-refractivity contribution in [3.63, 3.8) is 0 Å². The van der Waals surface area contributed by atoms with Crippen LogP contribution in [0.2, 0.25) is 0 Å². The lowest BCUT2D eigenvalue weighted by molar-refractivity contribution is -0.117. The summed E-state index contributed by atoms with van der Waals surface area (Å²) in [7, 11) is 0. The van der Waals surface area contributed by atoms with Gasteiger partial charge >= 0.3 is 0 Å². The number of unbranched alkanes of at least 4 members (excludes halogenated alkanes) is 1. The molecule has 21 heavy (non-hydrogen) atoms. The van der Waals surface area contributed by atoms with E-state index in [1.54, 1.807) is 0 Å². The monoisotopic (exact) mass is 285 g/mol. The second-order valence-electron chi connectivity index (χ2n) is 4.87. The van der Waals surface area contributed by atoms with Crippen LogP contribution in [0.3, 0.4) is 0 Å². The summed E-state index contributed by atoms with van der Waals surface area (Å²) in [4.78, 5) is 11.7. The number of anilines is 1. The van der Waals surface area contributed by atoms with Crippen LogP contribution in [0.25, 0.3) is 0 Å². The third-order valence-electron chi connectivity index (χ3n) is 3.06. The first-order chi connectivity index (χ1) is 10.2. The molecule has 0 saturated carbocycles. The summed E-state index contributed by atoms with van der Waals surface area (Å²) in [5.41, 5.74) is 2.25. The van der Waals surface area contributed by atoms with Crippen LogP contribution in [0.15, 0.2) is 36.0 Å². The molecule has 0 aliphatic carbocycles. The molecule has 1 rings (SSSR count). The molecule has 0 aromatic heterocycles. The van der Waals surface area contributed by atoms with Gasteiger partial charge in [-0.1, -0.05) is 32.4 Å². The fourth-order valence-corrected chi connectivity index (χ4v) is 1.79. The van der Waals surface area contributed by atoms with Crippen LogP contribution in [-0.4, -0.2) is 12.5 Å². The lowest BCUT2D eigenvalue weighted by Gasteiger charge is -2.05. The molecule has 0 heterocycles. The molecule has 0 aliphatic rings. The minimum Gasteiger partial charge on any atom is -0.360 e. The first-order valence-corrected chi connectivity index (χ1v) is 7.45. The number of nitriles is 1. The topological polar surface area (TPSA) is 64.9 Å². The maximum atomic E-state index is 11.7. The number of carbonyl (C=O) groups excluding carboxylic acids is 1. The molecule has 0 radical (unpaired) electrons. The lowest BCUT2D eigenvalue weighted by atomic mass is 10.1. The molecule has 0 unspecified atom stereocenters. The van der Waals surface area contributed by atoms with Crippen LogP contribution in [0.1, 0.15) is 38.7 Å². The summed E-state index contributed by atoms with van der Waals surface area (Å²) >= 11 is 0. The van der Waals surface area contributed by atoms with Gasteiger partial charge in [0.15, 0.2) is 0 Å². The minimum atomic E-state index is -0.341. The summed E-state index contributed by atoms with van der Waals surface area (Å²) in [5, 5.41) is 14.7. The SMILES string of the molecule is CCCCc1ccc(N/C=C(/C#N)C(=O)NCCC)cc1. The van der Waals surface area contributed by atoms with Gasteiger partial charge in [0.05, 0.1) is 0 Å². The molecule has 0 atom stereocenters. The Kier molecular flexibility index (Phi) is 7.67. The van der Waals surface area contributed by atoms with Crippen molar-refractivity contribution in [1.82, 2.24) is 5.32 Å². The molecular weight excluding hydrogens is 262 g/mol. The highest BCUT2D eigenvalue weighted by Gasteiger charge is 2.07. The van der Waals surface area contributed by atoms with E-state index in [2.05, 4.69) is 29.7 Å². The molecule has 1 aromatic rings. The lowest BCUT2D eigenvalue weighted by Crippen LogP contribution is -2.25. The fourth-order valence-electron chi connectivity index (χ4n) is 1.79. The number of rotatable bonds is 8. The summed E-state index contributed by atoms with van der Waals surface area (Å²) in [5.74, 6) is -0.341. The van der Waals surface area contributed by atoms with Crippen LogP contribution in [-0.2, 0) is 11.2 Å². The van der Waals surface area contributed by atoms with Gasteiger partial charge in [-0.05, 0) is 37.0 Å². The van der Waals surface area contributed by atoms with Gasteiger partial charge in [-0.3, -0.25) is 4.79 Å². The van der Waals surface area contributed by atoms with Crippen LogP contribution in [0.4, 0.5) is 5.69 Å². The molecule has 0 fully saturated rings. The molecule has 0 aliphatic heterocycles. The van der Waals surface area contributed by atoms with Gasteiger partial charge in [-0.2, -0.15) is 5.26 Å². The largest absolute Gasteiger partial charge is 0.360 e. The average Bonchev–Trinajstić information content (AvgIpc) is 2.52. The molecular formula is C17H23N3O. The van der Waals surface area contributed by atoms with Crippen molar-refractivity contribution in [1.29, 1.82) is 5.26 Å². The van der Waals surface area contributed by atoms with Gasteiger partial charge in [0.25, 0.3) is 5.91 Å². The van der Waals surface area contributed by atoms with Crippen LogP contribution in [0.5, 0.6) is 0 Å². The zero-order chi connectivity index (χ0) is 15.5. The molecule has 1 amide bonds. The number of aryl methyl sites for hydroxylation is 1. The number of amides is 1. The number of nitrogens with zero attached hydrogens (tertiary/aromatic N) is 1. The Balaban J connectivity index is 2.61. The van der Waals surface area contributed by atoms with E-state index in [0.29, 0.717) is 6.54 Å². The molecule has 112 valence electrons. The van der Waals surface area contributed by atoms with Crippen LogP contribution in [0, 0.1) is 11.3 Å². The summed E-state index contributed by atoms with van der Waals surface area (Å²) in [6, 6.07) is 9.95. The molecule has 4 nitrogen and oxygen atoms in total. The van der Waals surface area contributed by atoms with E-state index in [9.17, 15) is 4.79 Å². The quantitative estimate of drug-likeness (QED) is 0.568.